The van der Waals surface area contributed by atoms with E-state index in [1.54, 1.807) is 18.0 Å². The lowest BCUT2D eigenvalue weighted by molar-refractivity contribution is -0.138. The Labute approximate surface area is 95.0 Å². The van der Waals surface area contributed by atoms with Gasteiger partial charge in [-0.25, -0.2) is 0 Å². The number of rotatable bonds is 2. The average molecular weight is 282 g/mol. The molecule has 15 heavy (non-hydrogen) atoms. The lowest BCUT2D eigenvalue weighted by Crippen LogP contribution is -2.17. The monoisotopic (exact) mass is 281 g/mol. The first-order valence-corrected chi connectivity index (χ1v) is 5.23. The standard InChI is InChI=1S/C10H11BrF3N/c1-3-15(2)7-4-5-9(11)8(6-7)10(12,13)14/h4-6H,3H2,1-2H3. The van der Waals surface area contributed by atoms with E-state index in [0.29, 0.717) is 12.2 Å². The SMILES string of the molecule is CCN(C)c1ccc(Br)c(C(F)(F)F)c1. The van der Waals surface area contributed by atoms with Crippen LogP contribution in [0, 0.1) is 0 Å². The van der Waals surface area contributed by atoms with Gasteiger partial charge in [0, 0.05) is 23.8 Å². The summed E-state index contributed by atoms with van der Waals surface area (Å²) in [4.78, 5) is 1.75. The minimum absolute atomic E-state index is 0.0725. The normalized spacial score (nSPS) is 11.6. The zero-order valence-corrected chi connectivity index (χ0v) is 9.98. The molecule has 0 spiro atoms. The van der Waals surface area contributed by atoms with E-state index in [0.717, 1.165) is 6.07 Å². The van der Waals surface area contributed by atoms with Crippen molar-refractivity contribution < 1.29 is 13.2 Å². The number of benzene rings is 1. The lowest BCUT2D eigenvalue weighted by atomic mass is 10.2. The minimum Gasteiger partial charge on any atom is -0.375 e. The van der Waals surface area contributed by atoms with E-state index in [1.807, 2.05) is 6.92 Å². The van der Waals surface area contributed by atoms with Crippen LogP contribution in [0.25, 0.3) is 0 Å². The molecule has 1 aromatic carbocycles. The molecule has 0 aliphatic carbocycles. The zero-order chi connectivity index (χ0) is 11.6. The molecule has 1 nitrogen and oxygen atoms in total. The van der Waals surface area contributed by atoms with E-state index in [2.05, 4.69) is 15.9 Å². The van der Waals surface area contributed by atoms with Gasteiger partial charge in [0.05, 0.1) is 5.56 Å². The maximum atomic E-state index is 12.5. The second kappa shape index (κ2) is 4.43. The molecule has 1 rings (SSSR count). The van der Waals surface area contributed by atoms with Crippen LogP contribution in [0.2, 0.25) is 0 Å². The molecule has 0 aromatic heterocycles. The minimum atomic E-state index is -4.32. The lowest BCUT2D eigenvalue weighted by Gasteiger charge is -2.19. The van der Waals surface area contributed by atoms with E-state index in [9.17, 15) is 13.2 Å². The molecule has 0 N–H and O–H groups in total. The first-order valence-electron chi connectivity index (χ1n) is 4.44. The van der Waals surface area contributed by atoms with Gasteiger partial charge >= 0.3 is 6.18 Å². The highest BCUT2D eigenvalue weighted by Crippen LogP contribution is 2.36. The van der Waals surface area contributed by atoms with E-state index < -0.39 is 11.7 Å². The second-order valence-corrected chi connectivity index (χ2v) is 4.03. The molecule has 1 aromatic rings. The molecule has 0 amide bonds. The molecular formula is C10H11BrF3N. The summed E-state index contributed by atoms with van der Waals surface area (Å²) >= 11 is 2.90. The van der Waals surface area contributed by atoms with Crippen molar-refractivity contribution in [2.75, 3.05) is 18.5 Å². The predicted molar refractivity (Wildman–Crippen MR) is 58.1 cm³/mol. The van der Waals surface area contributed by atoms with Gasteiger partial charge in [-0.05, 0) is 25.1 Å². The molecule has 0 saturated heterocycles. The van der Waals surface area contributed by atoms with Crippen LogP contribution in [0.15, 0.2) is 22.7 Å². The molecule has 5 heteroatoms. The topological polar surface area (TPSA) is 3.24 Å². The Morgan fingerprint density at radius 3 is 2.40 bits per heavy atom. The molecular weight excluding hydrogens is 271 g/mol. The fraction of sp³-hybridized carbons (Fsp3) is 0.400. The fourth-order valence-electron chi connectivity index (χ4n) is 1.15. The predicted octanol–water partition coefficient (Wildman–Crippen LogP) is 3.92. The van der Waals surface area contributed by atoms with E-state index in [1.165, 1.54) is 6.07 Å². The Hall–Kier alpha value is -0.710. The Balaban J connectivity index is 3.17. The van der Waals surface area contributed by atoms with Gasteiger partial charge in [0.2, 0.25) is 0 Å². The third-order valence-electron chi connectivity index (χ3n) is 2.17. The Kier molecular flexibility index (Phi) is 3.65. The zero-order valence-electron chi connectivity index (χ0n) is 8.40. The van der Waals surface area contributed by atoms with Crippen LogP contribution in [0.3, 0.4) is 0 Å². The van der Waals surface area contributed by atoms with Gasteiger partial charge < -0.3 is 4.90 Å². The number of alkyl halides is 3. The molecule has 0 atom stereocenters. The summed E-state index contributed by atoms with van der Waals surface area (Å²) in [7, 11) is 1.75. The third kappa shape index (κ3) is 2.87. The smallest absolute Gasteiger partial charge is 0.375 e. The van der Waals surface area contributed by atoms with Crippen molar-refractivity contribution in [2.24, 2.45) is 0 Å². The molecule has 0 unspecified atom stereocenters. The van der Waals surface area contributed by atoms with Crippen molar-refractivity contribution in [1.82, 2.24) is 0 Å². The maximum absolute atomic E-state index is 12.5. The van der Waals surface area contributed by atoms with Crippen LogP contribution in [-0.4, -0.2) is 13.6 Å². The summed E-state index contributed by atoms with van der Waals surface area (Å²) in [5, 5.41) is 0. The van der Waals surface area contributed by atoms with Crippen LogP contribution in [0.1, 0.15) is 12.5 Å². The first kappa shape index (κ1) is 12.4. The summed E-state index contributed by atoms with van der Waals surface area (Å²) in [5.41, 5.74) is -0.0756. The highest BCUT2D eigenvalue weighted by Gasteiger charge is 2.33. The highest BCUT2D eigenvalue weighted by atomic mass is 79.9. The summed E-state index contributed by atoms with van der Waals surface area (Å²) in [5.74, 6) is 0. The molecule has 84 valence electrons. The van der Waals surface area contributed by atoms with E-state index >= 15 is 0 Å². The van der Waals surface area contributed by atoms with Gasteiger partial charge in [0.25, 0.3) is 0 Å². The number of nitrogens with zero attached hydrogens (tertiary/aromatic N) is 1. The first-order chi connectivity index (χ1) is 6.86. The van der Waals surface area contributed by atoms with Crippen molar-refractivity contribution in [3.05, 3.63) is 28.2 Å². The van der Waals surface area contributed by atoms with Crippen LogP contribution in [0.5, 0.6) is 0 Å². The fourth-order valence-corrected chi connectivity index (χ4v) is 1.62. The summed E-state index contributed by atoms with van der Waals surface area (Å²) in [6.07, 6.45) is -4.32. The Morgan fingerprint density at radius 1 is 1.33 bits per heavy atom. The van der Waals surface area contributed by atoms with Gasteiger partial charge in [-0.3, -0.25) is 0 Å². The quantitative estimate of drug-likeness (QED) is 0.794. The van der Waals surface area contributed by atoms with Crippen LogP contribution >= 0.6 is 15.9 Å². The molecule has 0 bridgehead atoms. The number of halogens is 4. The molecule has 0 aliphatic rings. The molecule has 0 fully saturated rings. The molecule has 0 saturated carbocycles. The molecule has 0 radical (unpaired) electrons. The van der Waals surface area contributed by atoms with Gasteiger partial charge in [-0.2, -0.15) is 13.2 Å². The van der Waals surface area contributed by atoms with Crippen LogP contribution < -0.4 is 4.90 Å². The van der Waals surface area contributed by atoms with Crippen molar-refractivity contribution in [1.29, 1.82) is 0 Å². The van der Waals surface area contributed by atoms with E-state index in [4.69, 9.17) is 0 Å². The van der Waals surface area contributed by atoms with E-state index in [-0.39, 0.29) is 4.47 Å². The summed E-state index contributed by atoms with van der Waals surface area (Å²) in [6.45, 7) is 2.55. The third-order valence-corrected chi connectivity index (χ3v) is 2.86. The second-order valence-electron chi connectivity index (χ2n) is 3.18. The van der Waals surface area contributed by atoms with Gasteiger partial charge in [-0.15, -0.1) is 0 Å². The van der Waals surface area contributed by atoms with Crippen molar-refractivity contribution >= 4 is 21.6 Å². The molecule has 0 heterocycles. The number of hydrogen-bond donors (Lipinski definition) is 0. The number of anilines is 1. The Bertz CT molecular complexity index is 349. The largest absolute Gasteiger partial charge is 0.417 e. The van der Waals surface area contributed by atoms with Crippen LogP contribution in [-0.2, 0) is 6.18 Å². The maximum Gasteiger partial charge on any atom is 0.417 e. The number of hydrogen-bond acceptors (Lipinski definition) is 1. The van der Waals surface area contributed by atoms with Crippen molar-refractivity contribution in [3.8, 4) is 0 Å². The van der Waals surface area contributed by atoms with Gasteiger partial charge in [0.1, 0.15) is 0 Å². The van der Waals surface area contributed by atoms with Crippen LogP contribution in [0.4, 0.5) is 18.9 Å². The highest BCUT2D eigenvalue weighted by molar-refractivity contribution is 9.10. The molecule has 0 aliphatic heterocycles. The van der Waals surface area contributed by atoms with Gasteiger partial charge in [0.15, 0.2) is 0 Å². The summed E-state index contributed by atoms with van der Waals surface area (Å²) < 4.78 is 37.7. The average Bonchev–Trinajstić information content (AvgIpc) is 2.15. The summed E-state index contributed by atoms with van der Waals surface area (Å²) in [6, 6.07) is 4.22. The van der Waals surface area contributed by atoms with Crippen molar-refractivity contribution in [3.63, 3.8) is 0 Å². The van der Waals surface area contributed by atoms with Gasteiger partial charge in [-0.1, -0.05) is 15.9 Å². The van der Waals surface area contributed by atoms with Crippen molar-refractivity contribution in [2.45, 2.75) is 13.1 Å². The Morgan fingerprint density at radius 2 is 1.93 bits per heavy atom.